The standard InChI is InChI=1S/C16H23FN2O4S/c1-18(11-12-23-15-5-3-14(17)4-6-15)16(20)13-7-9-19(10-8-13)24(2,21)22/h3-6,13H,7-12H2,1-2H3. The topological polar surface area (TPSA) is 66.9 Å². The van der Waals surface area contributed by atoms with Crippen LogP contribution in [0.15, 0.2) is 24.3 Å². The Hall–Kier alpha value is -1.67. The Bertz CT molecular complexity index is 655. The van der Waals surface area contributed by atoms with Crippen LogP contribution in [0.5, 0.6) is 5.75 Å². The molecule has 1 amide bonds. The predicted octanol–water partition coefficient (Wildman–Crippen LogP) is 1.33. The normalized spacial score (nSPS) is 16.8. The van der Waals surface area contributed by atoms with Crippen LogP contribution in [0.1, 0.15) is 12.8 Å². The van der Waals surface area contributed by atoms with Gasteiger partial charge in [0, 0.05) is 26.1 Å². The third-order valence-electron chi connectivity index (χ3n) is 4.16. The Morgan fingerprint density at radius 3 is 2.42 bits per heavy atom. The number of rotatable bonds is 6. The molecule has 0 atom stereocenters. The Labute approximate surface area is 142 Å². The fourth-order valence-electron chi connectivity index (χ4n) is 2.69. The quantitative estimate of drug-likeness (QED) is 0.770. The summed E-state index contributed by atoms with van der Waals surface area (Å²) in [5, 5.41) is 0. The zero-order valence-corrected chi connectivity index (χ0v) is 14.8. The third kappa shape index (κ3) is 5.17. The molecule has 24 heavy (non-hydrogen) atoms. The fraction of sp³-hybridized carbons (Fsp3) is 0.562. The van der Waals surface area contributed by atoms with E-state index in [2.05, 4.69) is 0 Å². The van der Waals surface area contributed by atoms with Crippen molar-refractivity contribution in [3.05, 3.63) is 30.1 Å². The summed E-state index contributed by atoms with van der Waals surface area (Å²) < 4.78 is 42.7. The van der Waals surface area contributed by atoms with Crippen LogP contribution in [0, 0.1) is 11.7 Å². The van der Waals surface area contributed by atoms with Gasteiger partial charge in [0.15, 0.2) is 0 Å². The van der Waals surface area contributed by atoms with Gasteiger partial charge in [0.1, 0.15) is 18.2 Å². The number of likely N-dealkylation sites (N-methyl/N-ethyl adjacent to an activating group) is 1. The molecule has 134 valence electrons. The highest BCUT2D eigenvalue weighted by Crippen LogP contribution is 2.21. The minimum absolute atomic E-state index is 0.00542. The van der Waals surface area contributed by atoms with Gasteiger partial charge in [-0.1, -0.05) is 0 Å². The first-order valence-corrected chi connectivity index (χ1v) is 9.70. The second kappa shape index (κ2) is 7.94. The minimum atomic E-state index is -3.18. The number of ether oxygens (including phenoxy) is 1. The van der Waals surface area contributed by atoms with Crippen molar-refractivity contribution in [2.45, 2.75) is 12.8 Å². The second-order valence-electron chi connectivity index (χ2n) is 6.00. The molecule has 1 heterocycles. The first-order chi connectivity index (χ1) is 11.3. The van der Waals surface area contributed by atoms with Crippen molar-refractivity contribution in [3.8, 4) is 5.75 Å². The van der Waals surface area contributed by atoms with Gasteiger partial charge in [-0.25, -0.2) is 17.1 Å². The van der Waals surface area contributed by atoms with Crippen LogP contribution >= 0.6 is 0 Å². The van der Waals surface area contributed by atoms with E-state index < -0.39 is 10.0 Å². The number of carbonyl (C=O) groups excluding carboxylic acids is 1. The SMILES string of the molecule is CN(CCOc1ccc(F)cc1)C(=O)C1CCN(S(C)(=O)=O)CC1. The fourth-order valence-corrected chi connectivity index (χ4v) is 3.56. The molecular weight excluding hydrogens is 335 g/mol. The van der Waals surface area contributed by atoms with E-state index in [1.165, 1.54) is 34.8 Å². The zero-order chi connectivity index (χ0) is 17.7. The van der Waals surface area contributed by atoms with E-state index in [0.29, 0.717) is 44.8 Å². The van der Waals surface area contributed by atoms with Crippen molar-refractivity contribution in [3.63, 3.8) is 0 Å². The average Bonchev–Trinajstić information content (AvgIpc) is 2.55. The lowest BCUT2D eigenvalue weighted by molar-refractivity contribution is -0.135. The molecule has 0 bridgehead atoms. The summed E-state index contributed by atoms with van der Waals surface area (Å²) in [7, 11) is -1.47. The van der Waals surface area contributed by atoms with Crippen molar-refractivity contribution in [1.29, 1.82) is 0 Å². The number of nitrogens with zero attached hydrogens (tertiary/aromatic N) is 2. The van der Waals surface area contributed by atoms with Crippen LogP contribution in [0.2, 0.25) is 0 Å². The molecule has 0 aromatic heterocycles. The van der Waals surface area contributed by atoms with Gasteiger partial charge >= 0.3 is 0 Å². The Morgan fingerprint density at radius 2 is 1.88 bits per heavy atom. The van der Waals surface area contributed by atoms with Crippen LogP contribution < -0.4 is 4.74 Å². The van der Waals surface area contributed by atoms with E-state index in [-0.39, 0.29) is 17.6 Å². The summed E-state index contributed by atoms with van der Waals surface area (Å²) in [5.41, 5.74) is 0. The first-order valence-electron chi connectivity index (χ1n) is 7.86. The zero-order valence-electron chi connectivity index (χ0n) is 13.9. The maximum absolute atomic E-state index is 12.8. The monoisotopic (exact) mass is 358 g/mol. The number of amides is 1. The minimum Gasteiger partial charge on any atom is -0.492 e. The summed E-state index contributed by atoms with van der Waals surface area (Å²) >= 11 is 0. The van der Waals surface area contributed by atoms with E-state index in [4.69, 9.17) is 4.74 Å². The van der Waals surface area contributed by atoms with Crippen molar-refractivity contribution in [1.82, 2.24) is 9.21 Å². The van der Waals surface area contributed by atoms with Gasteiger partial charge in [-0.2, -0.15) is 0 Å². The van der Waals surface area contributed by atoms with Gasteiger partial charge in [-0.15, -0.1) is 0 Å². The van der Waals surface area contributed by atoms with Crippen molar-refractivity contribution >= 4 is 15.9 Å². The highest BCUT2D eigenvalue weighted by molar-refractivity contribution is 7.88. The number of piperidine rings is 1. The van der Waals surface area contributed by atoms with Crippen LogP contribution in [0.4, 0.5) is 4.39 Å². The number of sulfonamides is 1. The lowest BCUT2D eigenvalue weighted by Gasteiger charge is -2.31. The number of halogens is 1. The van der Waals surface area contributed by atoms with Crippen molar-refractivity contribution in [2.24, 2.45) is 5.92 Å². The van der Waals surface area contributed by atoms with Gasteiger partial charge in [0.2, 0.25) is 15.9 Å². The lowest BCUT2D eigenvalue weighted by atomic mass is 9.97. The molecule has 8 heteroatoms. The van der Waals surface area contributed by atoms with Crippen molar-refractivity contribution in [2.75, 3.05) is 39.5 Å². The van der Waals surface area contributed by atoms with Gasteiger partial charge in [0.25, 0.3) is 0 Å². The van der Waals surface area contributed by atoms with Crippen molar-refractivity contribution < 1.29 is 22.3 Å². The molecule has 0 radical (unpaired) electrons. The molecular formula is C16H23FN2O4S. The van der Waals surface area contributed by atoms with E-state index >= 15 is 0 Å². The number of hydrogen-bond acceptors (Lipinski definition) is 4. The largest absolute Gasteiger partial charge is 0.492 e. The molecule has 1 aliphatic rings. The second-order valence-corrected chi connectivity index (χ2v) is 7.98. The third-order valence-corrected chi connectivity index (χ3v) is 5.46. The molecule has 0 saturated carbocycles. The summed E-state index contributed by atoms with van der Waals surface area (Å²) in [6.45, 7) is 1.50. The maximum Gasteiger partial charge on any atom is 0.225 e. The summed E-state index contributed by atoms with van der Waals surface area (Å²) in [4.78, 5) is 14.0. The van der Waals surface area contributed by atoms with Crippen LogP contribution in [-0.4, -0.2) is 63.1 Å². The Balaban J connectivity index is 1.75. The highest BCUT2D eigenvalue weighted by Gasteiger charge is 2.30. The molecule has 1 aromatic carbocycles. The number of hydrogen-bond donors (Lipinski definition) is 0. The van der Waals surface area contributed by atoms with E-state index in [0.717, 1.165) is 0 Å². The highest BCUT2D eigenvalue weighted by atomic mass is 32.2. The average molecular weight is 358 g/mol. The van der Waals surface area contributed by atoms with E-state index in [1.54, 1.807) is 11.9 Å². The molecule has 0 unspecified atom stereocenters. The predicted molar refractivity (Wildman–Crippen MR) is 88.7 cm³/mol. The Kier molecular flexibility index (Phi) is 6.17. The smallest absolute Gasteiger partial charge is 0.225 e. The molecule has 1 saturated heterocycles. The molecule has 2 rings (SSSR count). The Morgan fingerprint density at radius 1 is 1.29 bits per heavy atom. The molecule has 0 aliphatic carbocycles. The van der Waals surface area contributed by atoms with E-state index in [9.17, 15) is 17.6 Å². The first kappa shape index (κ1) is 18.7. The lowest BCUT2D eigenvalue weighted by Crippen LogP contribution is -2.43. The number of benzene rings is 1. The van der Waals surface area contributed by atoms with Crippen LogP contribution in [0.25, 0.3) is 0 Å². The molecule has 1 aromatic rings. The molecule has 1 aliphatic heterocycles. The molecule has 0 N–H and O–H groups in total. The summed E-state index contributed by atoms with van der Waals surface area (Å²) in [6, 6.07) is 5.72. The van der Waals surface area contributed by atoms with Gasteiger partial charge < -0.3 is 9.64 Å². The maximum atomic E-state index is 12.8. The van der Waals surface area contributed by atoms with Crippen LogP contribution in [0.3, 0.4) is 0 Å². The summed E-state index contributed by atoms with van der Waals surface area (Å²) in [5.74, 6) is 0.0819. The molecule has 0 spiro atoms. The molecule has 1 fully saturated rings. The number of carbonyl (C=O) groups is 1. The van der Waals surface area contributed by atoms with Crippen LogP contribution in [-0.2, 0) is 14.8 Å². The van der Waals surface area contributed by atoms with E-state index in [1.807, 2.05) is 0 Å². The van der Waals surface area contributed by atoms with Gasteiger partial charge in [-0.05, 0) is 37.1 Å². The summed E-state index contributed by atoms with van der Waals surface area (Å²) in [6.07, 6.45) is 2.26. The molecule has 6 nitrogen and oxygen atoms in total. The van der Waals surface area contributed by atoms with Gasteiger partial charge in [-0.3, -0.25) is 4.79 Å². The van der Waals surface area contributed by atoms with Gasteiger partial charge in [0.05, 0.1) is 12.8 Å².